The summed E-state index contributed by atoms with van der Waals surface area (Å²) in [5.41, 5.74) is -6.95. The molecule has 1 atom stereocenters. The third-order valence-electron chi connectivity index (χ3n) is 3.55. The van der Waals surface area contributed by atoms with E-state index >= 15 is 0 Å². The van der Waals surface area contributed by atoms with Crippen LogP contribution < -0.4 is 0 Å². The quantitative estimate of drug-likeness (QED) is 0.293. The number of esters is 1. The number of nitro benzene ring substituents is 1. The summed E-state index contributed by atoms with van der Waals surface area (Å²) < 4.78 is 46.7. The molecule has 0 spiro atoms. The van der Waals surface area contributed by atoms with Crippen LogP contribution in [0.4, 0.5) is 24.5 Å². The summed E-state index contributed by atoms with van der Waals surface area (Å²) in [7, 11) is 0. The Balaban J connectivity index is 3.79. The minimum Gasteiger partial charge on any atom is -0.458 e. The molecule has 0 saturated heterocycles. The number of hydrogen-bond donors (Lipinski definition) is 0. The largest absolute Gasteiger partial charge is 0.458 e. The van der Waals surface area contributed by atoms with Gasteiger partial charge in [0.1, 0.15) is 11.3 Å². The summed E-state index contributed by atoms with van der Waals surface area (Å²) >= 11 is 0. The maximum Gasteiger partial charge on any atom is 0.431 e. The van der Waals surface area contributed by atoms with Crippen molar-refractivity contribution in [1.82, 2.24) is 0 Å². The van der Waals surface area contributed by atoms with Gasteiger partial charge in [-0.3, -0.25) is 10.1 Å². The SMILES string of the molecule is CCC[C@](C#N)(C(=O)OC(C)(C)C)C(=Nc1ccccc1[N+](=O)[O-])C(F)(F)F. The molecule has 28 heavy (non-hydrogen) atoms. The fourth-order valence-electron chi connectivity index (χ4n) is 2.45. The van der Waals surface area contributed by atoms with Gasteiger partial charge < -0.3 is 4.74 Å². The third kappa shape index (κ3) is 5.28. The molecule has 1 rings (SSSR count). The van der Waals surface area contributed by atoms with Crippen molar-refractivity contribution in [3.05, 3.63) is 34.4 Å². The molecule has 0 aromatic heterocycles. The second-order valence-electron chi connectivity index (χ2n) is 6.97. The van der Waals surface area contributed by atoms with E-state index in [2.05, 4.69) is 4.99 Å². The summed E-state index contributed by atoms with van der Waals surface area (Å²) in [6.45, 7) is 5.84. The maximum absolute atomic E-state index is 13.9. The molecule has 7 nitrogen and oxygen atoms in total. The molecule has 10 heteroatoms. The zero-order chi connectivity index (χ0) is 21.8. The molecule has 0 radical (unpaired) electrons. The van der Waals surface area contributed by atoms with Gasteiger partial charge in [0, 0.05) is 6.07 Å². The molecule has 1 aromatic rings. The molecule has 0 aliphatic carbocycles. The van der Waals surface area contributed by atoms with Gasteiger partial charge in [0.15, 0.2) is 5.71 Å². The molecular weight excluding hydrogens is 379 g/mol. The van der Waals surface area contributed by atoms with Crippen LogP contribution in [0.5, 0.6) is 0 Å². The van der Waals surface area contributed by atoms with Gasteiger partial charge in [-0.15, -0.1) is 0 Å². The number of nitriles is 1. The fraction of sp³-hybridized carbons (Fsp3) is 0.500. The van der Waals surface area contributed by atoms with Crippen molar-refractivity contribution in [2.45, 2.75) is 52.3 Å². The molecule has 0 fully saturated rings. The monoisotopic (exact) mass is 399 g/mol. The zero-order valence-corrected chi connectivity index (χ0v) is 15.8. The Kier molecular flexibility index (Phi) is 6.90. The van der Waals surface area contributed by atoms with Gasteiger partial charge in [0.25, 0.3) is 5.69 Å². The lowest BCUT2D eigenvalue weighted by molar-refractivity contribution is -0.384. The minimum atomic E-state index is -5.20. The molecule has 0 saturated carbocycles. The molecule has 0 N–H and O–H groups in total. The first kappa shape index (κ1) is 23.1. The molecule has 152 valence electrons. The topological polar surface area (TPSA) is 106 Å². The highest BCUT2D eigenvalue weighted by molar-refractivity contribution is 6.13. The molecule has 0 heterocycles. The number of aliphatic imine (C=N–C) groups is 1. The van der Waals surface area contributed by atoms with Crippen molar-refractivity contribution < 1.29 is 27.6 Å². The van der Waals surface area contributed by atoms with Gasteiger partial charge in [-0.2, -0.15) is 18.4 Å². The third-order valence-corrected chi connectivity index (χ3v) is 3.55. The van der Waals surface area contributed by atoms with E-state index in [1.165, 1.54) is 45.9 Å². The smallest absolute Gasteiger partial charge is 0.431 e. The van der Waals surface area contributed by atoms with E-state index in [0.717, 1.165) is 12.1 Å². The number of ether oxygens (including phenoxy) is 1. The van der Waals surface area contributed by atoms with Crippen LogP contribution >= 0.6 is 0 Å². The van der Waals surface area contributed by atoms with Gasteiger partial charge >= 0.3 is 12.1 Å². The first-order chi connectivity index (χ1) is 12.8. The normalized spacial score (nSPS) is 14.7. The number of para-hydroxylation sites is 2. The van der Waals surface area contributed by atoms with Crippen molar-refractivity contribution in [3.8, 4) is 6.07 Å². The highest BCUT2D eigenvalue weighted by Crippen LogP contribution is 2.40. The zero-order valence-electron chi connectivity index (χ0n) is 15.8. The second kappa shape index (κ2) is 8.37. The van der Waals surface area contributed by atoms with Crippen LogP contribution in [0, 0.1) is 26.9 Å². The number of halogens is 3. The van der Waals surface area contributed by atoms with Crippen molar-refractivity contribution in [1.29, 1.82) is 5.26 Å². The highest BCUT2D eigenvalue weighted by atomic mass is 19.4. The minimum absolute atomic E-state index is 0.0405. The Morgan fingerprint density at radius 2 is 1.86 bits per heavy atom. The van der Waals surface area contributed by atoms with Gasteiger partial charge in [-0.1, -0.05) is 25.5 Å². The summed E-state index contributed by atoms with van der Waals surface area (Å²) in [4.78, 5) is 26.3. The number of nitro groups is 1. The average molecular weight is 399 g/mol. The van der Waals surface area contributed by atoms with E-state index in [-0.39, 0.29) is 6.42 Å². The first-order valence-electron chi connectivity index (χ1n) is 8.33. The summed E-state index contributed by atoms with van der Waals surface area (Å²) in [6.07, 6.45) is -5.68. The lowest BCUT2D eigenvalue weighted by atomic mass is 9.79. The Labute approximate surface area is 160 Å². The molecular formula is C18H20F3N3O4. The van der Waals surface area contributed by atoms with Crippen molar-refractivity contribution in [3.63, 3.8) is 0 Å². The Morgan fingerprint density at radius 1 is 1.29 bits per heavy atom. The van der Waals surface area contributed by atoms with Gasteiger partial charge in [0.05, 0.1) is 11.0 Å². The highest BCUT2D eigenvalue weighted by Gasteiger charge is 2.57. The molecule has 0 amide bonds. The number of hydrogen-bond acceptors (Lipinski definition) is 6. The maximum atomic E-state index is 13.9. The molecule has 0 bridgehead atoms. The van der Waals surface area contributed by atoms with E-state index in [4.69, 9.17) is 4.74 Å². The standard InChI is InChI=1S/C18H20F3N3O4/c1-5-10-17(11-22,15(25)28-16(2,3)4)14(18(19,20)21)23-12-8-6-7-9-13(12)24(26)27/h6-9H,5,10H2,1-4H3/t17-/m1/s1. The predicted octanol–water partition coefficient (Wildman–Crippen LogP) is 4.88. The molecule has 1 aromatic carbocycles. The lowest BCUT2D eigenvalue weighted by Crippen LogP contribution is -2.48. The number of benzene rings is 1. The van der Waals surface area contributed by atoms with E-state index in [1.54, 1.807) is 0 Å². The van der Waals surface area contributed by atoms with Gasteiger partial charge in [0.2, 0.25) is 5.41 Å². The Bertz CT molecular complexity index is 823. The van der Waals surface area contributed by atoms with Crippen molar-refractivity contribution >= 4 is 23.1 Å². The molecule has 0 aliphatic rings. The molecule has 0 unspecified atom stereocenters. The van der Waals surface area contributed by atoms with E-state index in [9.17, 15) is 33.3 Å². The van der Waals surface area contributed by atoms with Crippen LogP contribution in [-0.2, 0) is 9.53 Å². The average Bonchev–Trinajstić information content (AvgIpc) is 2.55. The van der Waals surface area contributed by atoms with Crippen LogP contribution in [0.2, 0.25) is 0 Å². The number of carbonyl (C=O) groups excluding carboxylic acids is 1. The van der Waals surface area contributed by atoms with E-state index in [0.29, 0.717) is 0 Å². The number of nitrogens with zero attached hydrogens (tertiary/aromatic N) is 3. The van der Waals surface area contributed by atoms with Gasteiger partial charge in [-0.05, 0) is 33.3 Å². The Hall–Kier alpha value is -2.96. The van der Waals surface area contributed by atoms with E-state index < -0.39 is 51.6 Å². The summed E-state index contributed by atoms with van der Waals surface area (Å²) in [5.74, 6) is -1.40. The van der Waals surface area contributed by atoms with Crippen LogP contribution in [0.3, 0.4) is 0 Å². The van der Waals surface area contributed by atoms with Crippen molar-refractivity contribution in [2.75, 3.05) is 0 Å². The van der Waals surface area contributed by atoms with Crippen LogP contribution in [-0.4, -0.2) is 28.4 Å². The predicted molar refractivity (Wildman–Crippen MR) is 95.0 cm³/mol. The molecule has 0 aliphatic heterocycles. The van der Waals surface area contributed by atoms with Crippen LogP contribution in [0.1, 0.15) is 40.5 Å². The first-order valence-corrected chi connectivity index (χ1v) is 8.33. The summed E-state index contributed by atoms with van der Waals surface area (Å²) in [6, 6.07) is 5.94. The second-order valence-corrected chi connectivity index (χ2v) is 6.97. The van der Waals surface area contributed by atoms with E-state index in [1.807, 2.05) is 0 Å². The fourth-order valence-corrected chi connectivity index (χ4v) is 2.45. The van der Waals surface area contributed by atoms with Crippen LogP contribution in [0.15, 0.2) is 29.3 Å². The number of rotatable bonds is 6. The lowest BCUT2D eigenvalue weighted by Gasteiger charge is -2.30. The van der Waals surface area contributed by atoms with Gasteiger partial charge in [-0.25, -0.2) is 9.79 Å². The van der Waals surface area contributed by atoms with Crippen molar-refractivity contribution in [2.24, 2.45) is 10.4 Å². The van der Waals surface area contributed by atoms with Crippen LogP contribution in [0.25, 0.3) is 0 Å². The number of alkyl halides is 3. The number of carbonyl (C=O) groups is 1. The Morgan fingerprint density at radius 3 is 2.29 bits per heavy atom. The summed E-state index contributed by atoms with van der Waals surface area (Å²) in [5, 5.41) is 20.7.